The summed E-state index contributed by atoms with van der Waals surface area (Å²) in [6, 6.07) is 0.0894. The molecule has 2 atom stereocenters. The van der Waals surface area contributed by atoms with Crippen molar-refractivity contribution in [3.63, 3.8) is 0 Å². The van der Waals surface area contributed by atoms with Gasteiger partial charge in [-0.3, -0.25) is 4.68 Å². The van der Waals surface area contributed by atoms with E-state index >= 15 is 0 Å². The Balaban J connectivity index is 3.07. The molecular weight excluding hydrogens is 250 g/mol. The molecule has 18 heavy (non-hydrogen) atoms. The van der Waals surface area contributed by atoms with Gasteiger partial charge in [-0.25, -0.2) is 0 Å². The molecule has 0 spiro atoms. The van der Waals surface area contributed by atoms with Crippen LogP contribution in [0.15, 0.2) is 6.20 Å². The Labute approximate surface area is 115 Å². The van der Waals surface area contributed by atoms with Crippen molar-refractivity contribution in [3.05, 3.63) is 16.9 Å². The number of likely N-dealkylation sites (N-methyl/N-ethyl adjacent to an activating group) is 1. The van der Waals surface area contributed by atoms with Gasteiger partial charge < -0.3 is 10.1 Å². The van der Waals surface area contributed by atoms with Crippen molar-refractivity contribution >= 4 is 11.6 Å². The van der Waals surface area contributed by atoms with Crippen LogP contribution in [0.4, 0.5) is 0 Å². The van der Waals surface area contributed by atoms with E-state index in [1.54, 1.807) is 13.3 Å². The van der Waals surface area contributed by atoms with Crippen LogP contribution in [0.5, 0.6) is 0 Å². The Kier molecular flexibility index (Phi) is 6.68. The number of aromatic nitrogens is 2. The van der Waals surface area contributed by atoms with Crippen molar-refractivity contribution in [2.45, 2.75) is 52.3 Å². The first-order chi connectivity index (χ1) is 8.69. The monoisotopic (exact) mass is 273 g/mol. The fraction of sp³-hybridized carbons (Fsp3) is 0.769. The van der Waals surface area contributed by atoms with Gasteiger partial charge in [-0.15, -0.1) is 0 Å². The second-order valence-electron chi connectivity index (χ2n) is 4.32. The molecule has 0 saturated heterocycles. The quantitative estimate of drug-likeness (QED) is 0.791. The van der Waals surface area contributed by atoms with Crippen molar-refractivity contribution in [3.8, 4) is 0 Å². The molecule has 1 heterocycles. The molecule has 4 nitrogen and oxygen atoms in total. The van der Waals surface area contributed by atoms with Gasteiger partial charge in [-0.05, 0) is 19.4 Å². The molecule has 0 fully saturated rings. The van der Waals surface area contributed by atoms with Crippen LogP contribution in [0.3, 0.4) is 0 Å². The van der Waals surface area contributed by atoms with Gasteiger partial charge in [-0.1, -0.05) is 32.4 Å². The molecule has 0 radical (unpaired) electrons. The van der Waals surface area contributed by atoms with E-state index in [1.165, 1.54) is 0 Å². The number of nitrogens with zero attached hydrogens (tertiary/aromatic N) is 2. The third kappa shape index (κ3) is 3.46. The van der Waals surface area contributed by atoms with E-state index in [4.69, 9.17) is 16.3 Å². The Morgan fingerprint density at radius 3 is 2.67 bits per heavy atom. The average Bonchev–Trinajstić information content (AvgIpc) is 2.71. The SMILES string of the molecule is CCCn1ncc(Cl)c1C(NCC)C(CC)OC. The van der Waals surface area contributed by atoms with Gasteiger partial charge in [0.05, 0.1) is 29.1 Å². The lowest BCUT2D eigenvalue weighted by molar-refractivity contribution is 0.0627. The van der Waals surface area contributed by atoms with Crippen LogP contribution in [0.25, 0.3) is 0 Å². The van der Waals surface area contributed by atoms with Gasteiger partial charge in [0.25, 0.3) is 0 Å². The van der Waals surface area contributed by atoms with Gasteiger partial charge in [0, 0.05) is 13.7 Å². The zero-order chi connectivity index (χ0) is 13.5. The third-order valence-corrected chi connectivity index (χ3v) is 3.36. The topological polar surface area (TPSA) is 39.1 Å². The highest BCUT2D eigenvalue weighted by Gasteiger charge is 2.26. The van der Waals surface area contributed by atoms with E-state index in [0.717, 1.165) is 31.6 Å². The van der Waals surface area contributed by atoms with Crippen LogP contribution in [-0.4, -0.2) is 29.5 Å². The van der Waals surface area contributed by atoms with E-state index in [9.17, 15) is 0 Å². The number of aryl methyl sites for hydroxylation is 1. The van der Waals surface area contributed by atoms with E-state index in [-0.39, 0.29) is 12.1 Å². The fourth-order valence-corrected chi connectivity index (χ4v) is 2.49. The highest BCUT2D eigenvalue weighted by molar-refractivity contribution is 6.31. The minimum absolute atomic E-state index is 0.0894. The maximum absolute atomic E-state index is 6.29. The molecule has 0 aliphatic heterocycles. The highest BCUT2D eigenvalue weighted by atomic mass is 35.5. The number of rotatable bonds is 8. The predicted octanol–water partition coefficient (Wildman–Crippen LogP) is 3.02. The van der Waals surface area contributed by atoms with Gasteiger partial charge >= 0.3 is 0 Å². The minimum Gasteiger partial charge on any atom is -0.379 e. The predicted molar refractivity (Wildman–Crippen MR) is 75.0 cm³/mol. The Morgan fingerprint density at radius 1 is 1.44 bits per heavy atom. The lowest BCUT2D eigenvalue weighted by atomic mass is 10.0. The standard InChI is InChI=1S/C13H24ClN3O/c1-5-8-17-13(10(14)9-16-17)12(15-7-3)11(6-2)18-4/h9,11-12,15H,5-8H2,1-4H3. The molecule has 2 unspecified atom stereocenters. The number of methoxy groups -OCH3 is 1. The Morgan fingerprint density at radius 2 is 2.17 bits per heavy atom. The number of nitrogens with one attached hydrogen (secondary N) is 1. The lowest BCUT2D eigenvalue weighted by Gasteiger charge is -2.27. The molecule has 5 heteroatoms. The zero-order valence-electron chi connectivity index (χ0n) is 11.7. The summed E-state index contributed by atoms with van der Waals surface area (Å²) in [5.41, 5.74) is 1.04. The van der Waals surface area contributed by atoms with Crippen molar-refractivity contribution in [1.82, 2.24) is 15.1 Å². The molecule has 0 aliphatic carbocycles. The van der Waals surface area contributed by atoms with Gasteiger partial charge in [-0.2, -0.15) is 5.10 Å². The van der Waals surface area contributed by atoms with Gasteiger partial charge in [0.15, 0.2) is 0 Å². The molecular formula is C13H24ClN3O. The number of ether oxygens (including phenoxy) is 1. The van der Waals surface area contributed by atoms with Crippen LogP contribution in [-0.2, 0) is 11.3 Å². The van der Waals surface area contributed by atoms with E-state index in [2.05, 4.69) is 31.2 Å². The summed E-state index contributed by atoms with van der Waals surface area (Å²) in [4.78, 5) is 0. The van der Waals surface area contributed by atoms with E-state index in [0.29, 0.717) is 5.02 Å². The van der Waals surface area contributed by atoms with Crippen LogP contribution < -0.4 is 5.32 Å². The van der Waals surface area contributed by atoms with Gasteiger partial charge in [0.2, 0.25) is 0 Å². The van der Waals surface area contributed by atoms with Crippen molar-refractivity contribution in [2.75, 3.05) is 13.7 Å². The second kappa shape index (κ2) is 7.77. The van der Waals surface area contributed by atoms with Crippen molar-refractivity contribution < 1.29 is 4.74 Å². The number of halogens is 1. The van der Waals surface area contributed by atoms with Crippen LogP contribution >= 0.6 is 11.6 Å². The molecule has 0 aliphatic rings. The molecule has 1 N–H and O–H groups in total. The summed E-state index contributed by atoms with van der Waals surface area (Å²) in [7, 11) is 1.74. The van der Waals surface area contributed by atoms with E-state index in [1.807, 2.05) is 4.68 Å². The van der Waals surface area contributed by atoms with Crippen molar-refractivity contribution in [1.29, 1.82) is 0 Å². The van der Waals surface area contributed by atoms with Crippen molar-refractivity contribution in [2.24, 2.45) is 0 Å². The second-order valence-corrected chi connectivity index (χ2v) is 4.73. The minimum atomic E-state index is 0.0894. The lowest BCUT2D eigenvalue weighted by Crippen LogP contribution is -2.35. The third-order valence-electron chi connectivity index (χ3n) is 3.06. The first-order valence-corrected chi connectivity index (χ1v) is 7.04. The first kappa shape index (κ1) is 15.5. The number of hydrogen-bond donors (Lipinski definition) is 1. The van der Waals surface area contributed by atoms with Crippen LogP contribution in [0.2, 0.25) is 5.02 Å². The van der Waals surface area contributed by atoms with E-state index < -0.39 is 0 Å². The van der Waals surface area contributed by atoms with Crippen LogP contribution in [0.1, 0.15) is 45.3 Å². The molecule has 1 aromatic heterocycles. The normalized spacial score (nSPS) is 14.7. The summed E-state index contributed by atoms with van der Waals surface area (Å²) in [5.74, 6) is 0. The summed E-state index contributed by atoms with van der Waals surface area (Å²) in [6.45, 7) is 8.09. The van der Waals surface area contributed by atoms with Crippen LogP contribution in [0, 0.1) is 0 Å². The molecule has 0 aromatic carbocycles. The Hall–Kier alpha value is -0.580. The molecule has 0 amide bonds. The summed E-state index contributed by atoms with van der Waals surface area (Å²) in [5, 5.41) is 8.52. The molecule has 1 aromatic rings. The smallest absolute Gasteiger partial charge is 0.0835 e. The molecule has 1 rings (SSSR count). The zero-order valence-corrected chi connectivity index (χ0v) is 12.5. The summed E-state index contributed by atoms with van der Waals surface area (Å²) < 4.78 is 7.55. The Bertz CT molecular complexity index is 350. The summed E-state index contributed by atoms with van der Waals surface area (Å²) >= 11 is 6.29. The number of hydrogen-bond acceptors (Lipinski definition) is 3. The largest absolute Gasteiger partial charge is 0.379 e. The fourth-order valence-electron chi connectivity index (χ4n) is 2.23. The first-order valence-electron chi connectivity index (χ1n) is 6.66. The molecule has 0 saturated carbocycles. The summed E-state index contributed by atoms with van der Waals surface area (Å²) in [6.07, 6.45) is 3.80. The maximum Gasteiger partial charge on any atom is 0.0835 e. The average molecular weight is 274 g/mol. The van der Waals surface area contributed by atoms with Gasteiger partial charge in [0.1, 0.15) is 0 Å². The maximum atomic E-state index is 6.29. The molecule has 104 valence electrons. The highest BCUT2D eigenvalue weighted by Crippen LogP contribution is 2.28. The molecule has 0 bridgehead atoms.